The molecule has 0 saturated carbocycles. The minimum atomic E-state index is 0.776. The topological polar surface area (TPSA) is 0 Å². The zero-order chi connectivity index (χ0) is 11.3. The Balaban J connectivity index is 2.73. The van der Waals surface area contributed by atoms with E-state index in [0.717, 1.165) is 40.9 Å². The maximum absolute atomic E-state index is 6.14. The average molecular weight is 258 g/mol. The van der Waals surface area contributed by atoms with Crippen molar-refractivity contribution in [1.82, 2.24) is 0 Å². The summed E-state index contributed by atoms with van der Waals surface area (Å²) in [6.45, 7) is 2.05. The first-order valence-corrected chi connectivity index (χ1v) is 6.59. The molecule has 0 spiro atoms. The predicted molar refractivity (Wildman–Crippen MR) is 74.9 cm³/mol. The second-order valence-corrected chi connectivity index (χ2v) is 4.96. The van der Waals surface area contributed by atoms with Crippen LogP contribution in [0.5, 0.6) is 0 Å². The summed E-state index contributed by atoms with van der Waals surface area (Å²) < 4.78 is 0. The average Bonchev–Trinajstić information content (AvgIpc) is 2.18. The van der Waals surface area contributed by atoms with E-state index in [9.17, 15) is 0 Å². The number of hydrogen-bond acceptors (Lipinski definition) is 1. The van der Waals surface area contributed by atoms with Gasteiger partial charge in [0.1, 0.15) is 0 Å². The third kappa shape index (κ3) is 3.83. The lowest BCUT2D eigenvalue weighted by atomic mass is 10.0. The third-order valence-corrected chi connectivity index (χ3v) is 3.41. The maximum atomic E-state index is 6.14. The van der Waals surface area contributed by atoms with Gasteiger partial charge in [0.25, 0.3) is 0 Å². The Morgan fingerprint density at radius 1 is 1.40 bits per heavy atom. The summed E-state index contributed by atoms with van der Waals surface area (Å²) in [6, 6.07) is 5.92. The molecule has 0 aliphatic rings. The molecule has 0 radical (unpaired) electrons. The normalized spacial score (nSPS) is 10.3. The Morgan fingerprint density at radius 2 is 2.13 bits per heavy atom. The molecule has 15 heavy (non-hydrogen) atoms. The van der Waals surface area contributed by atoms with Crippen molar-refractivity contribution in [2.75, 3.05) is 6.16 Å². The summed E-state index contributed by atoms with van der Waals surface area (Å²) in [7, 11) is 3.46. The molecular weight excluding hydrogens is 243 g/mol. The van der Waals surface area contributed by atoms with Crippen LogP contribution in [0, 0.1) is 6.92 Å². The van der Waals surface area contributed by atoms with Crippen LogP contribution in [0.15, 0.2) is 18.2 Å². The minimum Gasteiger partial charge on any atom is -0.558 e. The smallest absolute Gasteiger partial charge is 0.0492 e. The fourth-order valence-electron chi connectivity index (χ4n) is 1.52. The zero-order valence-electron chi connectivity index (χ0n) is 8.85. The van der Waals surface area contributed by atoms with E-state index in [1.165, 1.54) is 5.56 Å². The van der Waals surface area contributed by atoms with E-state index in [1.807, 2.05) is 12.1 Å². The van der Waals surface area contributed by atoms with Gasteiger partial charge >= 0.3 is 0 Å². The van der Waals surface area contributed by atoms with Crippen molar-refractivity contribution in [3.63, 3.8) is 0 Å². The number of rotatable bonds is 5. The monoisotopic (exact) mass is 257 g/mol. The summed E-state index contributed by atoms with van der Waals surface area (Å²) in [4.78, 5) is 0.984. The molecule has 0 bridgehead atoms. The van der Waals surface area contributed by atoms with Gasteiger partial charge < -0.3 is 9.24 Å². The van der Waals surface area contributed by atoms with Gasteiger partial charge in [0.05, 0.1) is 0 Å². The Hall–Kier alpha value is 0.0300. The molecular formula is C12H15ClPS-. The van der Waals surface area contributed by atoms with Crippen LogP contribution in [0.25, 0.3) is 0 Å². The Kier molecular flexibility index (Phi) is 5.74. The lowest BCUT2D eigenvalue weighted by Crippen LogP contribution is -2.01. The van der Waals surface area contributed by atoms with E-state index < -0.39 is 0 Å². The van der Waals surface area contributed by atoms with E-state index in [0.29, 0.717) is 0 Å². The molecule has 0 atom stereocenters. The SMILES string of the molecule is Cc1cccc(Cl)c1C(=S)CCCC[PH-]. The fourth-order valence-corrected chi connectivity index (χ4v) is 2.58. The van der Waals surface area contributed by atoms with Gasteiger partial charge in [0, 0.05) is 15.5 Å². The molecule has 0 nitrogen and oxygen atoms in total. The first-order chi connectivity index (χ1) is 7.16. The Labute approximate surface area is 105 Å². The summed E-state index contributed by atoms with van der Waals surface area (Å²) in [5, 5.41) is 0.776. The number of aryl methyl sites for hydroxylation is 1. The highest BCUT2D eigenvalue weighted by Crippen LogP contribution is 2.22. The zero-order valence-corrected chi connectivity index (χ0v) is 11.4. The van der Waals surface area contributed by atoms with Crippen LogP contribution in [0.2, 0.25) is 5.02 Å². The van der Waals surface area contributed by atoms with E-state index in [4.69, 9.17) is 23.8 Å². The van der Waals surface area contributed by atoms with Gasteiger partial charge in [0.15, 0.2) is 0 Å². The first-order valence-electron chi connectivity index (χ1n) is 5.09. The van der Waals surface area contributed by atoms with Crippen LogP contribution < -0.4 is 0 Å². The van der Waals surface area contributed by atoms with Crippen LogP contribution in [-0.2, 0) is 0 Å². The lowest BCUT2D eigenvalue weighted by molar-refractivity contribution is 0.850. The molecule has 1 rings (SSSR count). The summed E-state index contributed by atoms with van der Waals surface area (Å²) >= 11 is 11.5. The second-order valence-electron chi connectivity index (χ2n) is 3.56. The lowest BCUT2D eigenvalue weighted by Gasteiger charge is -2.09. The van der Waals surface area contributed by atoms with Gasteiger partial charge in [-0.25, -0.2) is 0 Å². The predicted octanol–water partition coefficient (Wildman–Crippen LogP) is 4.68. The minimum absolute atomic E-state index is 0.776. The van der Waals surface area contributed by atoms with Gasteiger partial charge in [0.2, 0.25) is 0 Å². The second kappa shape index (κ2) is 6.58. The van der Waals surface area contributed by atoms with Crippen molar-refractivity contribution in [1.29, 1.82) is 0 Å². The highest BCUT2D eigenvalue weighted by atomic mass is 35.5. The summed E-state index contributed by atoms with van der Waals surface area (Å²) in [6.07, 6.45) is 4.25. The van der Waals surface area contributed by atoms with Gasteiger partial charge in [-0.3, -0.25) is 0 Å². The third-order valence-electron chi connectivity index (χ3n) is 2.33. The molecule has 0 amide bonds. The molecule has 0 fully saturated rings. The van der Waals surface area contributed by atoms with Crippen LogP contribution in [0.1, 0.15) is 30.4 Å². The van der Waals surface area contributed by atoms with Gasteiger partial charge in [-0.2, -0.15) is 6.16 Å². The number of benzene rings is 1. The van der Waals surface area contributed by atoms with E-state index >= 15 is 0 Å². The van der Waals surface area contributed by atoms with E-state index in [2.05, 4.69) is 22.2 Å². The van der Waals surface area contributed by atoms with Crippen LogP contribution in [-0.4, -0.2) is 11.0 Å². The van der Waals surface area contributed by atoms with Crippen molar-refractivity contribution in [2.45, 2.75) is 26.2 Å². The van der Waals surface area contributed by atoms with Crippen molar-refractivity contribution in [2.24, 2.45) is 0 Å². The maximum Gasteiger partial charge on any atom is 0.0492 e. The standard InChI is InChI=1S/C12H15ClPS/c1-9-5-4-6-10(13)12(9)11(15)7-2-3-8-14/h4-6,14H,2-3,7-8H2,1H3/q-1. The fraction of sp³-hybridized carbons (Fsp3) is 0.417. The van der Waals surface area contributed by atoms with Gasteiger partial charge in [-0.15, -0.1) is 0 Å². The molecule has 0 heterocycles. The summed E-state index contributed by atoms with van der Waals surface area (Å²) in [5.41, 5.74) is 2.23. The van der Waals surface area contributed by atoms with Crippen LogP contribution >= 0.6 is 33.1 Å². The van der Waals surface area contributed by atoms with Gasteiger partial charge in [-0.05, 0) is 25.0 Å². The van der Waals surface area contributed by atoms with E-state index in [-0.39, 0.29) is 0 Å². The van der Waals surface area contributed by atoms with Crippen LogP contribution in [0.4, 0.5) is 0 Å². The molecule has 0 aromatic heterocycles. The molecule has 0 aliphatic carbocycles. The van der Waals surface area contributed by atoms with Gasteiger partial charge in [-0.1, -0.05) is 48.8 Å². The quantitative estimate of drug-likeness (QED) is 0.319. The Morgan fingerprint density at radius 3 is 2.73 bits per heavy atom. The molecule has 0 N–H and O–H groups in total. The molecule has 82 valence electrons. The molecule has 0 saturated heterocycles. The van der Waals surface area contributed by atoms with E-state index in [1.54, 1.807) is 0 Å². The largest absolute Gasteiger partial charge is 0.558 e. The summed E-state index contributed by atoms with van der Waals surface area (Å²) in [5.74, 6) is 0. The molecule has 3 heteroatoms. The van der Waals surface area contributed by atoms with Crippen molar-refractivity contribution in [3.8, 4) is 0 Å². The number of unbranched alkanes of at least 4 members (excludes halogenated alkanes) is 1. The van der Waals surface area contributed by atoms with Crippen molar-refractivity contribution < 1.29 is 0 Å². The highest BCUT2D eigenvalue weighted by Gasteiger charge is 2.08. The number of hydrogen-bond donors (Lipinski definition) is 0. The Bertz CT molecular complexity index is 329. The number of halogens is 1. The first kappa shape index (κ1) is 13.1. The van der Waals surface area contributed by atoms with Crippen LogP contribution in [0.3, 0.4) is 0 Å². The molecule has 0 unspecified atom stereocenters. The number of thiocarbonyl (C=S) groups is 1. The molecule has 1 aromatic carbocycles. The highest BCUT2D eigenvalue weighted by molar-refractivity contribution is 7.80. The molecule has 1 aromatic rings. The molecule has 0 aliphatic heterocycles. The van der Waals surface area contributed by atoms with Crippen molar-refractivity contribution in [3.05, 3.63) is 34.3 Å². The van der Waals surface area contributed by atoms with Crippen molar-refractivity contribution >= 4 is 37.9 Å².